The molecular weight excluding hydrogens is 152 g/mol. The first-order valence-corrected chi connectivity index (χ1v) is 4.31. The standard InChI is InChI=1S/C6H8O3S/c1-6-3-2-4-9-10(7,8)5-6/h2-3,5H,4H2,1H3. The average molecular weight is 160 g/mol. The highest BCUT2D eigenvalue weighted by Crippen LogP contribution is 2.06. The summed E-state index contributed by atoms with van der Waals surface area (Å²) in [6.45, 7) is 1.85. The fourth-order valence-corrected chi connectivity index (χ4v) is 1.54. The predicted octanol–water partition coefficient (Wildman–Crippen LogP) is 0.806. The van der Waals surface area contributed by atoms with Gasteiger partial charge in [-0.1, -0.05) is 12.2 Å². The molecule has 0 fully saturated rings. The number of rotatable bonds is 0. The molecule has 0 spiro atoms. The third-order valence-electron chi connectivity index (χ3n) is 1.04. The maximum absolute atomic E-state index is 10.7. The zero-order valence-electron chi connectivity index (χ0n) is 5.57. The molecule has 0 amide bonds. The molecule has 0 aromatic rings. The van der Waals surface area contributed by atoms with Crippen LogP contribution in [0.5, 0.6) is 0 Å². The van der Waals surface area contributed by atoms with Gasteiger partial charge in [-0.25, -0.2) is 0 Å². The van der Waals surface area contributed by atoms with Gasteiger partial charge in [0.25, 0.3) is 10.1 Å². The second-order valence-electron chi connectivity index (χ2n) is 2.04. The van der Waals surface area contributed by atoms with E-state index in [1.807, 2.05) is 0 Å². The van der Waals surface area contributed by atoms with Crippen molar-refractivity contribution in [3.63, 3.8) is 0 Å². The lowest BCUT2D eigenvalue weighted by Gasteiger charge is -1.92. The van der Waals surface area contributed by atoms with E-state index in [1.165, 1.54) is 0 Å². The Morgan fingerprint density at radius 3 is 3.00 bits per heavy atom. The van der Waals surface area contributed by atoms with Crippen LogP contribution < -0.4 is 0 Å². The molecule has 1 rings (SSSR count). The second-order valence-corrected chi connectivity index (χ2v) is 3.50. The van der Waals surface area contributed by atoms with Gasteiger partial charge >= 0.3 is 0 Å². The van der Waals surface area contributed by atoms with Gasteiger partial charge in [-0.3, -0.25) is 4.18 Å². The van der Waals surface area contributed by atoms with Crippen molar-refractivity contribution in [1.82, 2.24) is 0 Å². The van der Waals surface area contributed by atoms with Crippen LogP contribution in [0.15, 0.2) is 23.1 Å². The number of allylic oxidation sites excluding steroid dienone is 2. The molecule has 10 heavy (non-hydrogen) atoms. The summed E-state index contributed by atoms with van der Waals surface area (Å²) in [4.78, 5) is 0. The lowest BCUT2D eigenvalue weighted by Crippen LogP contribution is -1.99. The van der Waals surface area contributed by atoms with Gasteiger partial charge in [-0.05, 0) is 12.5 Å². The lowest BCUT2D eigenvalue weighted by molar-refractivity contribution is 0.365. The maximum atomic E-state index is 10.7. The number of hydrogen-bond acceptors (Lipinski definition) is 3. The fraction of sp³-hybridized carbons (Fsp3) is 0.333. The summed E-state index contributed by atoms with van der Waals surface area (Å²) in [7, 11) is -3.39. The molecular formula is C6H8O3S. The Morgan fingerprint density at radius 1 is 1.60 bits per heavy atom. The van der Waals surface area contributed by atoms with Crippen molar-refractivity contribution in [2.45, 2.75) is 6.92 Å². The number of hydrogen-bond donors (Lipinski definition) is 0. The van der Waals surface area contributed by atoms with Crippen molar-refractivity contribution in [3.8, 4) is 0 Å². The summed E-state index contributed by atoms with van der Waals surface area (Å²) < 4.78 is 26.0. The van der Waals surface area contributed by atoms with Crippen molar-refractivity contribution in [1.29, 1.82) is 0 Å². The molecule has 0 saturated carbocycles. The first-order valence-electron chi connectivity index (χ1n) is 2.84. The minimum atomic E-state index is -3.39. The van der Waals surface area contributed by atoms with Gasteiger partial charge in [-0.2, -0.15) is 8.42 Å². The molecule has 0 saturated heterocycles. The summed E-state index contributed by atoms with van der Waals surface area (Å²) in [6.07, 6.45) is 3.38. The second kappa shape index (κ2) is 2.56. The summed E-state index contributed by atoms with van der Waals surface area (Å²) >= 11 is 0. The van der Waals surface area contributed by atoms with Gasteiger partial charge in [0.15, 0.2) is 0 Å². The molecule has 4 heteroatoms. The van der Waals surface area contributed by atoms with E-state index in [4.69, 9.17) is 0 Å². The van der Waals surface area contributed by atoms with Crippen LogP contribution in [0.4, 0.5) is 0 Å². The van der Waals surface area contributed by atoms with Crippen LogP contribution in [0.2, 0.25) is 0 Å². The van der Waals surface area contributed by atoms with E-state index in [2.05, 4.69) is 4.18 Å². The first-order chi connectivity index (χ1) is 4.60. The van der Waals surface area contributed by atoms with Crippen LogP contribution in [0.1, 0.15) is 6.92 Å². The molecule has 0 atom stereocenters. The van der Waals surface area contributed by atoms with E-state index in [9.17, 15) is 8.42 Å². The van der Waals surface area contributed by atoms with Crippen LogP contribution >= 0.6 is 0 Å². The SMILES string of the molecule is CC1=CS(=O)(=O)OCC=C1. The monoisotopic (exact) mass is 160 g/mol. The molecule has 56 valence electrons. The van der Waals surface area contributed by atoms with Crippen LogP contribution in [-0.2, 0) is 14.3 Å². The molecule has 1 aliphatic rings. The van der Waals surface area contributed by atoms with Gasteiger partial charge in [0.05, 0.1) is 12.0 Å². The molecule has 0 aromatic heterocycles. The molecule has 1 heterocycles. The van der Waals surface area contributed by atoms with Gasteiger partial charge < -0.3 is 0 Å². The Hall–Kier alpha value is -0.610. The van der Waals surface area contributed by atoms with Crippen molar-refractivity contribution >= 4 is 10.1 Å². The van der Waals surface area contributed by atoms with Gasteiger partial charge in [-0.15, -0.1) is 0 Å². The van der Waals surface area contributed by atoms with E-state index in [1.54, 1.807) is 19.1 Å². The highest BCUT2D eigenvalue weighted by atomic mass is 32.2. The van der Waals surface area contributed by atoms with Crippen molar-refractivity contribution < 1.29 is 12.6 Å². The summed E-state index contributed by atoms with van der Waals surface area (Å²) in [5, 5.41) is 1.11. The molecule has 3 nitrogen and oxygen atoms in total. The van der Waals surface area contributed by atoms with Crippen molar-refractivity contribution in [2.75, 3.05) is 6.61 Å². The Bertz CT molecular complexity index is 271. The smallest absolute Gasteiger partial charge is 0.263 e. The molecule has 1 aliphatic heterocycles. The van der Waals surface area contributed by atoms with Crippen LogP contribution in [-0.4, -0.2) is 15.0 Å². The zero-order valence-corrected chi connectivity index (χ0v) is 6.39. The fourth-order valence-electron chi connectivity index (χ4n) is 0.669. The molecule has 0 unspecified atom stereocenters. The summed E-state index contributed by atoms with van der Waals surface area (Å²) in [5.41, 5.74) is 0.692. The molecule has 0 N–H and O–H groups in total. The molecule has 0 aromatic carbocycles. The predicted molar refractivity (Wildman–Crippen MR) is 37.8 cm³/mol. The highest BCUT2D eigenvalue weighted by molar-refractivity contribution is 7.89. The van der Waals surface area contributed by atoms with Crippen LogP contribution in [0, 0.1) is 0 Å². The van der Waals surface area contributed by atoms with Gasteiger partial charge in [0.2, 0.25) is 0 Å². The quantitative estimate of drug-likeness (QED) is 0.492. The normalized spacial score (nSPS) is 23.5. The van der Waals surface area contributed by atoms with Gasteiger partial charge in [0.1, 0.15) is 0 Å². The summed E-state index contributed by atoms with van der Waals surface area (Å²) in [6, 6.07) is 0. The Balaban J connectivity index is 3.00. The summed E-state index contributed by atoms with van der Waals surface area (Å²) in [5.74, 6) is 0. The Morgan fingerprint density at radius 2 is 2.30 bits per heavy atom. The molecule has 0 bridgehead atoms. The highest BCUT2D eigenvalue weighted by Gasteiger charge is 2.07. The molecule has 0 radical (unpaired) electrons. The minimum Gasteiger partial charge on any atom is -0.263 e. The van der Waals surface area contributed by atoms with E-state index < -0.39 is 10.1 Å². The zero-order chi connectivity index (χ0) is 7.61. The van der Waals surface area contributed by atoms with Gasteiger partial charge in [0, 0.05) is 0 Å². The third kappa shape index (κ3) is 1.97. The minimum absolute atomic E-state index is 0.135. The Kier molecular flexibility index (Phi) is 1.92. The third-order valence-corrected chi connectivity index (χ3v) is 2.16. The largest absolute Gasteiger partial charge is 0.290 e. The lowest BCUT2D eigenvalue weighted by atomic mass is 10.3. The molecule has 0 aliphatic carbocycles. The van der Waals surface area contributed by atoms with Crippen LogP contribution in [0.3, 0.4) is 0 Å². The van der Waals surface area contributed by atoms with E-state index in [-0.39, 0.29) is 6.61 Å². The van der Waals surface area contributed by atoms with E-state index >= 15 is 0 Å². The topological polar surface area (TPSA) is 43.4 Å². The van der Waals surface area contributed by atoms with E-state index in [0.29, 0.717) is 5.57 Å². The first kappa shape index (κ1) is 7.50. The Labute approximate surface area is 60.1 Å². The van der Waals surface area contributed by atoms with Crippen molar-refractivity contribution in [3.05, 3.63) is 23.1 Å². The van der Waals surface area contributed by atoms with Crippen molar-refractivity contribution in [2.24, 2.45) is 0 Å². The maximum Gasteiger partial charge on any atom is 0.290 e. The van der Waals surface area contributed by atoms with Crippen LogP contribution in [0.25, 0.3) is 0 Å². The average Bonchev–Trinajstić information content (AvgIpc) is 1.90. The van der Waals surface area contributed by atoms with E-state index in [0.717, 1.165) is 5.41 Å².